The van der Waals surface area contributed by atoms with Crippen molar-refractivity contribution in [3.05, 3.63) is 32.6 Å². The maximum atomic E-state index is 12.3. The van der Waals surface area contributed by atoms with Crippen molar-refractivity contribution in [2.24, 2.45) is 17.2 Å². The number of rotatable bonds is 6. The van der Waals surface area contributed by atoms with Crippen LogP contribution in [0.15, 0.2) is 15.8 Å². The number of nitrogens with two attached hydrogens (primary N) is 3. The van der Waals surface area contributed by atoms with Crippen LogP contribution >= 0.6 is 0 Å². The zero-order valence-corrected chi connectivity index (χ0v) is 18.5. The van der Waals surface area contributed by atoms with E-state index < -0.39 is 84.7 Å². The van der Waals surface area contributed by atoms with Crippen molar-refractivity contribution < 1.29 is 34.7 Å². The molecule has 10 atom stereocenters. The van der Waals surface area contributed by atoms with Crippen LogP contribution in [0.5, 0.6) is 0 Å². The van der Waals surface area contributed by atoms with Gasteiger partial charge in [-0.15, -0.1) is 0 Å². The molecule has 0 aromatic carbocycles. The van der Waals surface area contributed by atoms with E-state index in [1.54, 1.807) is 0 Å². The van der Waals surface area contributed by atoms with Crippen molar-refractivity contribution in [3.63, 3.8) is 0 Å². The predicted molar refractivity (Wildman–Crippen MR) is 115 cm³/mol. The lowest BCUT2D eigenvalue weighted by Crippen LogP contribution is -2.67. The van der Waals surface area contributed by atoms with Crippen LogP contribution in [0.25, 0.3) is 0 Å². The maximum Gasteiger partial charge on any atom is 0.328 e. The third-order valence-corrected chi connectivity index (χ3v) is 6.13. The van der Waals surface area contributed by atoms with E-state index in [-0.39, 0.29) is 18.5 Å². The number of hydrogen-bond acceptors (Lipinski definition) is 12. The Hall–Kier alpha value is -2.21. The largest absolute Gasteiger partial charge is 0.389 e. The molecule has 1 aliphatic heterocycles. The van der Waals surface area contributed by atoms with Crippen molar-refractivity contribution in [2.75, 3.05) is 6.54 Å². The molecule has 2 heterocycles. The lowest BCUT2D eigenvalue weighted by molar-refractivity contribution is -0.288. The summed E-state index contributed by atoms with van der Waals surface area (Å²) in [5, 5.41) is 43.5. The minimum Gasteiger partial charge on any atom is -0.389 e. The van der Waals surface area contributed by atoms with Gasteiger partial charge in [-0.1, -0.05) is 0 Å². The molecule has 1 aromatic rings. The molecule has 1 amide bonds. The number of amides is 1. The van der Waals surface area contributed by atoms with Gasteiger partial charge in [0.25, 0.3) is 5.56 Å². The van der Waals surface area contributed by atoms with Gasteiger partial charge in [-0.25, -0.2) is 4.79 Å². The fourth-order valence-corrected chi connectivity index (χ4v) is 4.03. The number of nitrogens with zero attached hydrogens (tertiary/aromatic N) is 1. The van der Waals surface area contributed by atoms with Crippen molar-refractivity contribution in [3.8, 4) is 0 Å². The van der Waals surface area contributed by atoms with Crippen molar-refractivity contribution in [2.45, 2.75) is 80.9 Å². The van der Waals surface area contributed by atoms with Crippen LogP contribution in [0.3, 0.4) is 0 Å². The summed E-state index contributed by atoms with van der Waals surface area (Å²) in [5.74, 6) is -0.631. The highest BCUT2D eigenvalue weighted by atomic mass is 16.7. The Morgan fingerprint density at radius 2 is 1.82 bits per heavy atom. The molecular formula is C19H32N6O9. The van der Waals surface area contributed by atoms with E-state index in [0.29, 0.717) is 0 Å². The van der Waals surface area contributed by atoms with Gasteiger partial charge >= 0.3 is 5.69 Å². The first kappa shape index (κ1) is 26.4. The van der Waals surface area contributed by atoms with Crippen LogP contribution in [0.4, 0.5) is 0 Å². The average molecular weight is 488 g/mol. The SMILES string of the molecule is Cc1cn(CC(=O)NC[C@H]2O[C@H](O[C@H]3[C@H](O)[C@@H](O)[C@H](N)C[C@@H]3N)[C@H](N)[C@@H](O)[C@@H]2O)c(=O)[nH]c1=O. The van der Waals surface area contributed by atoms with Crippen LogP contribution in [-0.2, 0) is 20.8 Å². The van der Waals surface area contributed by atoms with Gasteiger partial charge in [-0.2, -0.15) is 0 Å². The van der Waals surface area contributed by atoms with Crippen molar-refractivity contribution >= 4 is 5.91 Å². The van der Waals surface area contributed by atoms with Gasteiger partial charge in [0.05, 0.1) is 12.1 Å². The third kappa shape index (κ3) is 5.54. The Balaban J connectivity index is 1.63. The van der Waals surface area contributed by atoms with E-state index in [2.05, 4.69) is 10.3 Å². The minimum absolute atomic E-state index is 0.152. The molecule has 0 unspecified atom stereocenters. The third-order valence-electron chi connectivity index (χ3n) is 6.13. The topological polar surface area (TPSA) is 261 Å². The summed E-state index contributed by atoms with van der Waals surface area (Å²) >= 11 is 0. The first-order valence-electron chi connectivity index (χ1n) is 10.8. The molecular weight excluding hydrogens is 456 g/mol. The van der Waals surface area contributed by atoms with Crippen molar-refractivity contribution in [1.29, 1.82) is 0 Å². The average Bonchev–Trinajstić information content (AvgIpc) is 2.77. The normalized spacial score (nSPS) is 38.5. The summed E-state index contributed by atoms with van der Waals surface area (Å²) in [6.45, 7) is 0.779. The second-order valence-electron chi connectivity index (χ2n) is 8.75. The minimum atomic E-state index is -1.51. The zero-order chi connectivity index (χ0) is 25.3. The molecule has 0 bridgehead atoms. The zero-order valence-electron chi connectivity index (χ0n) is 18.5. The molecule has 0 radical (unpaired) electrons. The molecule has 34 heavy (non-hydrogen) atoms. The Bertz CT molecular complexity index is 986. The Morgan fingerprint density at radius 1 is 1.15 bits per heavy atom. The van der Waals surface area contributed by atoms with Crippen LogP contribution in [0, 0.1) is 6.92 Å². The number of H-pyrrole nitrogens is 1. The summed E-state index contributed by atoms with van der Waals surface area (Å²) in [6, 6.07) is -2.73. The van der Waals surface area contributed by atoms with Gasteiger partial charge in [0, 0.05) is 30.4 Å². The van der Waals surface area contributed by atoms with Gasteiger partial charge in [0.2, 0.25) is 5.91 Å². The standard InChI is InChI=1S/C19H32N6O9/c1-6-4-25(19(32)24-17(6)31)5-10(26)23-3-9-13(28)14(29)11(22)18(33-9)34-16-8(21)2-7(20)12(27)15(16)30/h4,7-9,11-16,18,27-30H,2-3,5,20-22H2,1H3,(H,23,26)(H,24,31,32)/t7-,8+,9-,11-,12+,13-,14-,15-,16-,18-/m1/s1. The molecule has 192 valence electrons. The monoisotopic (exact) mass is 488 g/mol. The summed E-state index contributed by atoms with van der Waals surface area (Å²) in [4.78, 5) is 37.7. The Morgan fingerprint density at radius 3 is 2.50 bits per heavy atom. The highest BCUT2D eigenvalue weighted by molar-refractivity contribution is 5.75. The summed E-state index contributed by atoms with van der Waals surface area (Å²) in [7, 11) is 0. The molecule has 15 heteroatoms. The number of hydrogen-bond donors (Lipinski definition) is 9. The van der Waals surface area contributed by atoms with Gasteiger partial charge in [-0.3, -0.25) is 19.1 Å². The molecule has 0 spiro atoms. The number of carbonyl (C=O) groups is 1. The fourth-order valence-electron chi connectivity index (χ4n) is 4.03. The molecule has 2 fully saturated rings. The van der Waals surface area contributed by atoms with E-state index in [4.69, 9.17) is 26.7 Å². The number of aliphatic hydroxyl groups is 4. The number of nitrogens with one attached hydrogen (secondary N) is 2. The van der Waals surface area contributed by atoms with Gasteiger partial charge in [0.15, 0.2) is 6.29 Å². The van der Waals surface area contributed by atoms with Crippen molar-refractivity contribution in [1.82, 2.24) is 14.9 Å². The Labute approximate surface area is 193 Å². The summed E-state index contributed by atoms with van der Waals surface area (Å²) < 4.78 is 12.3. The number of aromatic amines is 1. The van der Waals surface area contributed by atoms with Gasteiger partial charge < -0.3 is 52.4 Å². The Kier molecular flexibility index (Phi) is 8.22. The second-order valence-corrected chi connectivity index (χ2v) is 8.75. The maximum absolute atomic E-state index is 12.3. The number of aromatic nitrogens is 2. The van der Waals surface area contributed by atoms with Crippen LogP contribution in [-0.4, -0.2) is 103 Å². The highest BCUT2D eigenvalue weighted by Crippen LogP contribution is 2.27. The lowest BCUT2D eigenvalue weighted by Gasteiger charge is -2.45. The number of carbonyl (C=O) groups excluding carboxylic acids is 1. The first-order valence-corrected chi connectivity index (χ1v) is 10.8. The van der Waals surface area contributed by atoms with Crippen LogP contribution in [0.1, 0.15) is 12.0 Å². The smallest absolute Gasteiger partial charge is 0.328 e. The molecule has 2 aliphatic rings. The van der Waals surface area contributed by atoms with Gasteiger partial charge in [0.1, 0.15) is 37.1 Å². The molecule has 1 saturated heterocycles. The number of ether oxygens (including phenoxy) is 2. The second kappa shape index (κ2) is 10.6. The van der Waals surface area contributed by atoms with Crippen LogP contribution in [0.2, 0.25) is 0 Å². The molecule has 3 rings (SSSR count). The molecule has 1 aromatic heterocycles. The molecule has 15 nitrogen and oxygen atoms in total. The van der Waals surface area contributed by atoms with Crippen LogP contribution < -0.4 is 33.8 Å². The fraction of sp³-hybridized carbons (Fsp3) is 0.737. The van der Waals surface area contributed by atoms with E-state index in [1.807, 2.05) is 0 Å². The quantitative estimate of drug-likeness (QED) is 0.181. The lowest BCUT2D eigenvalue weighted by atomic mass is 9.84. The van der Waals surface area contributed by atoms with E-state index in [9.17, 15) is 34.8 Å². The number of aryl methyl sites for hydroxylation is 1. The molecule has 12 N–H and O–H groups in total. The number of aliphatic hydroxyl groups excluding tert-OH is 4. The van der Waals surface area contributed by atoms with E-state index in [0.717, 1.165) is 4.57 Å². The molecule has 1 saturated carbocycles. The van der Waals surface area contributed by atoms with Gasteiger partial charge in [-0.05, 0) is 13.3 Å². The van der Waals surface area contributed by atoms with E-state index in [1.165, 1.54) is 13.1 Å². The first-order chi connectivity index (χ1) is 15.9. The molecule has 1 aliphatic carbocycles. The van der Waals surface area contributed by atoms with E-state index >= 15 is 0 Å². The summed E-state index contributed by atoms with van der Waals surface area (Å²) in [6.07, 6.45) is -7.95. The highest BCUT2D eigenvalue weighted by Gasteiger charge is 2.48. The summed E-state index contributed by atoms with van der Waals surface area (Å²) in [5.41, 5.74) is 16.6. The predicted octanol–water partition coefficient (Wildman–Crippen LogP) is -6.10.